The predicted molar refractivity (Wildman–Crippen MR) is 72.5 cm³/mol. The maximum absolute atomic E-state index is 5.70. The minimum atomic E-state index is 0.655. The summed E-state index contributed by atoms with van der Waals surface area (Å²) in [7, 11) is 0. The molecule has 3 rings (SSSR count). The quantitative estimate of drug-likeness (QED) is 0.598. The average Bonchev–Trinajstić information content (AvgIpc) is 2.23. The lowest BCUT2D eigenvalue weighted by atomic mass is 9.60. The van der Waals surface area contributed by atoms with E-state index < -0.39 is 0 Å². The van der Waals surface area contributed by atoms with E-state index in [0.29, 0.717) is 5.02 Å². The van der Waals surface area contributed by atoms with Gasteiger partial charge >= 0.3 is 0 Å². The highest BCUT2D eigenvalue weighted by Crippen LogP contribution is 2.49. The molecule has 0 bridgehead atoms. The number of benzene rings is 1. The third-order valence-corrected chi connectivity index (χ3v) is 4.19. The van der Waals surface area contributed by atoms with E-state index in [-0.39, 0.29) is 0 Å². The number of hydrogen-bond donors (Lipinski definition) is 0. The van der Waals surface area contributed by atoms with Crippen molar-refractivity contribution in [1.29, 1.82) is 0 Å². The molecule has 2 fully saturated rings. The van der Waals surface area contributed by atoms with E-state index in [1.165, 1.54) is 11.8 Å². The first-order valence-corrected chi connectivity index (χ1v) is 6.79. The van der Waals surface area contributed by atoms with Gasteiger partial charge in [-0.05, 0) is 55.7 Å². The van der Waals surface area contributed by atoms with Crippen molar-refractivity contribution in [3.63, 3.8) is 0 Å². The zero-order valence-corrected chi connectivity index (χ0v) is 11.4. The first kappa shape index (κ1) is 12.0. The second-order valence-corrected chi connectivity index (χ2v) is 5.83. The van der Waals surface area contributed by atoms with Gasteiger partial charge in [0.05, 0.1) is 0 Å². The van der Waals surface area contributed by atoms with Gasteiger partial charge in [0.25, 0.3) is 0 Å². The molecule has 0 heterocycles. The Balaban J connectivity index is 0.000000134. The summed E-state index contributed by atoms with van der Waals surface area (Å²) in [5, 5.41) is 0.655. The van der Waals surface area contributed by atoms with E-state index in [1.807, 2.05) is 6.07 Å². The Bertz CT molecular complexity index is 381. The fourth-order valence-corrected chi connectivity index (χ4v) is 3.06. The van der Waals surface area contributed by atoms with Gasteiger partial charge in [-0.15, -0.1) is 6.42 Å². The summed E-state index contributed by atoms with van der Waals surface area (Å²) < 4.78 is 0.910. The minimum Gasteiger partial charge on any atom is -0.115 e. The number of terminal acetylenes is 1. The Morgan fingerprint density at radius 2 is 1.69 bits per heavy atom. The Labute approximate surface area is 111 Å². The SMILES string of the molecule is C#Cc1cc(Cl)cc(Br)c1.C1CC2CCC12. The van der Waals surface area contributed by atoms with Gasteiger partial charge < -0.3 is 0 Å². The summed E-state index contributed by atoms with van der Waals surface area (Å²) in [4.78, 5) is 0. The van der Waals surface area contributed by atoms with Crippen molar-refractivity contribution < 1.29 is 0 Å². The van der Waals surface area contributed by atoms with Crippen LogP contribution in [0.4, 0.5) is 0 Å². The smallest absolute Gasteiger partial charge is 0.0429 e. The topological polar surface area (TPSA) is 0 Å². The van der Waals surface area contributed by atoms with Crippen LogP contribution < -0.4 is 0 Å². The maximum Gasteiger partial charge on any atom is 0.0429 e. The molecule has 0 atom stereocenters. The first-order valence-electron chi connectivity index (χ1n) is 5.62. The summed E-state index contributed by atoms with van der Waals surface area (Å²) in [6.07, 6.45) is 11.4. The van der Waals surface area contributed by atoms with Gasteiger partial charge in [0, 0.05) is 15.1 Å². The second kappa shape index (κ2) is 5.25. The van der Waals surface area contributed by atoms with Crippen molar-refractivity contribution in [1.82, 2.24) is 0 Å². The summed E-state index contributed by atoms with van der Waals surface area (Å²) >= 11 is 8.98. The first-order chi connectivity index (χ1) is 7.69. The van der Waals surface area contributed by atoms with Crippen LogP contribution in [0.5, 0.6) is 0 Å². The molecule has 0 spiro atoms. The van der Waals surface area contributed by atoms with Crippen LogP contribution in [-0.4, -0.2) is 0 Å². The van der Waals surface area contributed by atoms with E-state index >= 15 is 0 Å². The molecule has 2 aliphatic carbocycles. The van der Waals surface area contributed by atoms with Crippen LogP contribution in [0.25, 0.3) is 0 Å². The van der Waals surface area contributed by atoms with Crippen LogP contribution in [-0.2, 0) is 0 Å². The molecule has 0 radical (unpaired) electrons. The molecule has 1 aromatic carbocycles. The predicted octanol–water partition coefficient (Wildman–Crippen LogP) is 4.89. The molecule has 2 aliphatic rings. The van der Waals surface area contributed by atoms with Gasteiger partial charge in [-0.1, -0.05) is 33.5 Å². The third kappa shape index (κ3) is 2.81. The van der Waals surface area contributed by atoms with Crippen LogP contribution in [0.2, 0.25) is 5.02 Å². The van der Waals surface area contributed by atoms with E-state index in [4.69, 9.17) is 18.0 Å². The lowest BCUT2D eigenvalue weighted by Crippen LogP contribution is -2.34. The van der Waals surface area contributed by atoms with Gasteiger partial charge in [-0.25, -0.2) is 0 Å². The third-order valence-electron chi connectivity index (χ3n) is 3.51. The summed E-state index contributed by atoms with van der Waals surface area (Å²) in [6, 6.07) is 5.38. The van der Waals surface area contributed by atoms with Gasteiger partial charge in [0.2, 0.25) is 0 Å². The summed E-state index contributed by atoms with van der Waals surface area (Å²) in [5.41, 5.74) is 0.791. The van der Waals surface area contributed by atoms with Crippen molar-refractivity contribution in [2.45, 2.75) is 25.7 Å². The van der Waals surface area contributed by atoms with E-state index in [1.54, 1.807) is 37.8 Å². The molecular formula is C14H14BrCl. The molecule has 0 saturated heterocycles. The standard InChI is InChI=1S/C8H4BrCl.C6H10/c1-2-6-3-7(9)5-8(10)4-6;1-2-6-4-3-5(1)6/h1,3-5H;5-6H,1-4H2. The van der Waals surface area contributed by atoms with Gasteiger partial charge in [0.15, 0.2) is 0 Å². The van der Waals surface area contributed by atoms with Crippen LogP contribution >= 0.6 is 27.5 Å². The Kier molecular flexibility index (Phi) is 3.95. The molecule has 0 unspecified atom stereocenters. The highest BCUT2D eigenvalue weighted by Gasteiger charge is 2.37. The largest absolute Gasteiger partial charge is 0.115 e. The lowest BCUT2D eigenvalue weighted by molar-refractivity contribution is 0.0548. The van der Waals surface area contributed by atoms with Gasteiger partial charge in [-0.3, -0.25) is 0 Å². The fraction of sp³-hybridized carbons (Fsp3) is 0.429. The van der Waals surface area contributed by atoms with Crippen LogP contribution in [0.15, 0.2) is 22.7 Å². The molecule has 0 amide bonds. The number of rotatable bonds is 0. The van der Waals surface area contributed by atoms with Crippen LogP contribution in [0, 0.1) is 24.2 Å². The zero-order valence-electron chi connectivity index (χ0n) is 9.05. The Morgan fingerprint density at radius 1 is 1.12 bits per heavy atom. The minimum absolute atomic E-state index is 0.655. The lowest BCUT2D eigenvalue weighted by Gasteiger charge is -2.46. The van der Waals surface area contributed by atoms with Crippen molar-refractivity contribution >= 4 is 27.5 Å². The fourth-order valence-electron chi connectivity index (χ4n) is 2.20. The number of fused-ring (bicyclic) bond motifs is 1. The van der Waals surface area contributed by atoms with Crippen molar-refractivity contribution in [3.8, 4) is 12.3 Å². The summed E-state index contributed by atoms with van der Waals surface area (Å²) in [5.74, 6) is 4.92. The molecule has 16 heavy (non-hydrogen) atoms. The molecule has 1 aromatic rings. The summed E-state index contributed by atoms with van der Waals surface area (Å²) in [6.45, 7) is 0. The highest BCUT2D eigenvalue weighted by molar-refractivity contribution is 9.10. The molecular weight excluding hydrogens is 284 g/mol. The van der Waals surface area contributed by atoms with Crippen molar-refractivity contribution in [3.05, 3.63) is 33.3 Å². The van der Waals surface area contributed by atoms with E-state index in [9.17, 15) is 0 Å². The molecule has 2 saturated carbocycles. The zero-order chi connectivity index (χ0) is 11.5. The van der Waals surface area contributed by atoms with E-state index in [2.05, 4.69) is 21.9 Å². The molecule has 0 aliphatic heterocycles. The Hall–Kier alpha value is -0.450. The molecule has 0 nitrogen and oxygen atoms in total. The van der Waals surface area contributed by atoms with Gasteiger partial charge in [-0.2, -0.15) is 0 Å². The van der Waals surface area contributed by atoms with Crippen LogP contribution in [0.3, 0.4) is 0 Å². The number of halogens is 2. The molecule has 2 heteroatoms. The normalized spacial score (nSPS) is 25.1. The van der Waals surface area contributed by atoms with E-state index in [0.717, 1.165) is 10.0 Å². The molecule has 0 N–H and O–H groups in total. The second-order valence-electron chi connectivity index (χ2n) is 4.48. The average molecular weight is 298 g/mol. The van der Waals surface area contributed by atoms with Gasteiger partial charge in [0.1, 0.15) is 0 Å². The monoisotopic (exact) mass is 296 g/mol. The molecule has 84 valence electrons. The van der Waals surface area contributed by atoms with Crippen LogP contribution in [0.1, 0.15) is 31.2 Å². The van der Waals surface area contributed by atoms with Crippen molar-refractivity contribution in [2.75, 3.05) is 0 Å². The highest BCUT2D eigenvalue weighted by atomic mass is 79.9. The Morgan fingerprint density at radius 3 is 2.00 bits per heavy atom. The maximum atomic E-state index is 5.70. The molecule has 0 aromatic heterocycles. The van der Waals surface area contributed by atoms with Crippen molar-refractivity contribution in [2.24, 2.45) is 11.8 Å². The number of hydrogen-bond acceptors (Lipinski definition) is 0.